The Hall–Kier alpha value is -2.71. The number of hydrogen-bond donors (Lipinski definition) is 3. The minimum Gasteiger partial charge on any atom is -0.482 e. The number of ether oxygens (including phenoxy) is 1. The van der Waals surface area contributed by atoms with Gasteiger partial charge in [-0.05, 0) is 84.2 Å². The average molecular weight is 530 g/mol. The van der Waals surface area contributed by atoms with E-state index in [4.69, 9.17) is 16.3 Å². The molecule has 2 aromatic rings. The van der Waals surface area contributed by atoms with Crippen molar-refractivity contribution < 1.29 is 9.53 Å². The Labute approximate surface area is 224 Å². The highest BCUT2D eigenvalue weighted by atomic mass is 35.5. The molecule has 2 aliphatic rings. The smallest absolute Gasteiger partial charge is 0.251 e. The van der Waals surface area contributed by atoms with E-state index in [1.54, 1.807) is 6.07 Å². The number of hydrogen-bond acceptors (Lipinski definition) is 6. The number of methoxy groups -OCH3 is 1. The molecule has 1 aromatic heterocycles. The van der Waals surface area contributed by atoms with Crippen LogP contribution in [0.1, 0.15) is 66.2 Å². The van der Waals surface area contributed by atoms with E-state index in [9.17, 15) is 9.59 Å². The van der Waals surface area contributed by atoms with Crippen molar-refractivity contribution in [3.63, 3.8) is 0 Å². The molecule has 1 aliphatic heterocycles. The van der Waals surface area contributed by atoms with Crippen molar-refractivity contribution in [2.24, 2.45) is 0 Å². The predicted octanol–water partition coefficient (Wildman–Crippen LogP) is 4.33. The second-order valence-electron chi connectivity index (χ2n) is 10.3. The Balaban J connectivity index is 1.55. The summed E-state index contributed by atoms with van der Waals surface area (Å²) in [5, 5.41) is 6.65. The molecule has 1 amide bonds. The van der Waals surface area contributed by atoms with Crippen LogP contribution in [0.25, 0.3) is 0 Å². The van der Waals surface area contributed by atoms with Gasteiger partial charge in [-0.25, -0.2) is 0 Å². The zero-order chi connectivity index (χ0) is 26.7. The van der Waals surface area contributed by atoms with Gasteiger partial charge in [0.1, 0.15) is 5.69 Å². The van der Waals surface area contributed by atoms with Crippen LogP contribution in [0.15, 0.2) is 16.9 Å². The summed E-state index contributed by atoms with van der Waals surface area (Å²) in [4.78, 5) is 34.5. The van der Waals surface area contributed by atoms with E-state index in [2.05, 4.69) is 46.4 Å². The van der Waals surface area contributed by atoms with Crippen molar-refractivity contribution in [1.29, 1.82) is 0 Å². The fourth-order valence-corrected chi connectivity index (χ4v) is 6.04. The van der Waals surface area contributed by atoms with Gasteiger partial charge in [-0.2, -0.15) is 0 Å². The maximum atomic E-state index is 13.4. The zero-order valence-corrected chi connectivity index (χ0v) is 23.4. The van der Waals surface area contributed by atoms with E-state index < -0.39 is 0 Å². The van der Waals surface area contributed by atoms with Crippen LogP contribution in [0.3, 0.4) is 0 Å². The Morgan fingerprint density at radius 1 is 1.19 bits per heavy atom. The fraction of sp³-hybridized carbons (Fsp3) is 0.571. The first kappa shape index (κ1) is 27.3. The quantitative estimate of drug-likeness (QED) is 0.471. The third kappa shape index (κ3) is 5.75. The molecule has 8 nitrogen and oxygen atoms in total. The molecule has 3 N–H and O–H groups in total. The van der Waals surface area contributed by atoms with Crippen LogP contribution in [0.4, 0.5) is 11.4 Å². The monoisotopic (exact) mass is 529 g/mol. The SMILES string of the molecule is CCN(c1cc(Cl)cc(C(=O)NCc2c(OC)[nH]c3c(c2=O)NCCC3)c1C)[C@H]1CC[C@H](N(C)C)CC1. The zero-order valence-electron chi connectivity index (χ0n) is 22.7. The lowest BCUT2D eigenvalue weighted by Gasteiger charge is -2.40. The lowest BCUT2D eigenvalue weighted by Crippen LogP contribution is -2.42. The van der Waals surface area contributed by atoms with Crippen molar-refractivity contribution in [1.82, 2.24) is 15.2 Å². The molecule has 2 heterocycles. The van der Waals surface area contributed by atoms with E-state index in [1.165, 1.54) is 7.11 Å². The first-order valence-corrected chi connectivity index (χ1v) is 13.7. The minimum atomic E-state index is -0.263. The Kier molecular flexibility index (Phi) is 8.70. The molecule has 1 aromatic carbocycles. The van der Waals surface area contributed by atoms with E-state index >= 15 is 0 Å². The Morgan fingerprint density at radius 2 is 1.89 bits per heavy atom. The highest BCUT2D eigenvalue weighted by molar-refractivity contribution is 6.31. The number of amides is 1. The lowest BCUT2D eigenvalue weighted by molar-refractivity contribution is 0.0950. The number of aryl methyl sites for hydroxylation is 1. The van der Waals surface area contributed by atoms with E-state index in [-0.39, 0.29) is 17.9 Å². The maximum Gasteiger partial charge on any atom is 0.251 e. The van der Waals surface area contributed by atoms with Gasteiger partial charge in [0.15, 0.2) is 5.88 Å². The van der Waals surface area contributed by atoms with Gasteiger partial charge in [0.2, 0.25) is 5.43 Å². The van der Waals surface area contributed by atoms with Gasteiger partial charge in [0, 0.05) is 47.1 Å². The molecule has 37 heavy (non-hydrogen) atoms. The Bertz CT molecular complexity index is 1190. The average Bonchev–Trinajstić information content (AvgIpc) is 2.90. The summed E-state index contributed by atoms with van der Waals surface area (Å²) in [6, 6.07) is 4.72. The number of carbonyl (C=O) groups is 1. The highest BCUT2D eigenvalue weighted by Crippen LogP contribution is 2.34. The first-order valence-electron chi connectivity index (χ1n) is 13.3. The molecule has 0 atom stereocenters. The number of carbonyl (C=O) groups excluding carboxylic acids is 1. The number of anilines is 2. The normalized spacial score (nSPS) is 19.2. The highest BCUT2D eigenvalue weighted by Gasteiger charge is 2.28. The standard InChI is InChI=1S/C28H40ClN5O3/c1-6-34(20-11-9-19(10-12-20)33(3)4)24-15-18(29)14-21(17(24)2)27(36)31-16-22-26(35)25-23(8-7-13-30-25)32-28(22)37-5/h14-15,19-20,30H,6-13,16H2,1-5H3,(H,31,36)(H,32,35)/t19-,20-. The molecular weight excluding hydrogens is 490 g/mol. The summed E-state index contributed by atoms with van der Waals surface area (Å²) in [6.07, 6.45) is 6.28. The van der Waals surface area contributed by atoms with Gasteiger partial charge < -0.3 is 30.2 Å². The molecule has 0 radical (unpaired) electrons. The number of nitrogens with one attached hydrogen (secondary N) is 3. The van der Waals surface area contributed by atoms with Crippen LogP contribution in [0.5, 0.6) is 5.88 Å². The summed E-state index contributed by atoms with van der Waals surface area (Å²) in [7, 11) is 5.83. The first-order chi connectivity index (χ1) is 17.7. The molecule has 1 saturated carbocycles. The largest absolute Gasteiger partial charge is 0.482 e. The molecule has 0 spiro atoms. The van der Waals surface area contributed by atoms with Gasteiger partial charge >= 0.3 is 0 Å². The summed E-state index contributed by atoms with van der Waals surface area (Å²) in [5.74, 6) is 0.127. The van der Waals surface area contributed by atoms with Crippen molar-refractivity contribution in [3.8, 4) is 5.88 Å². The van der Waals surface area contributed by atoms with Crippen LogP contribution < -0.4 is 25.7 Å². The van der Waals surface area contributed by atoms with Crippen LogP contribution in [-0.4, -0.2) is 62.2 Å². The van der Waals surface area contributed by atoms with Gasteiger partial charge in [0.25, 0.3) is 5.91 Å². The molecular formula is C28H40ClN5O3. The van der Waals surface area contributed by atoms with Gasteiger partial charge in [0.05, 0.1) is 19.2 Å². The number of nitrogens with zero attached hydrogens (tertiary/aromatic N) is 2. The van der Waals surface area contributed by atoms with Gasteiger partial charge in [-0.1, -0.05) is 11.6 Å². The molecule has 9 heteroatoms. The molecule has 202 valence electrons. The molecule has 0 bridgehead atoms. The van der Waals surface area contributed by atoms with Gasteiger partial charge in [-0.3, -0.25) is 9.59 Å². The van der Waals surface area contributed by atoms with E-state index in [0.717, 1.165) is 68.6 Å². The molecule has 1 fully saturated rings. The fourth-order valence-electron chi connectivity index (χ4n) is 5.83. The Morgan fingerprint density at radius 3 is 2.54 bits per heavy atom. The topological polar surface area (TPSA) is 89.7 Å². The maximum absolute atomic E-state index is 13.4. The number of fused-ring (bicyclic) bond motifs is 1. The summed E-state index contributed by atoms with van der Waals surface area (Å²) < 4.78 is 5.46. The number of aromatic nitrogens is 1. The molecule has 0 unspecified atom stereocenters. The molecule has 0 saturated heterocycles. The second-order valence-corrected chi connectivity index (χ2v) is 10.8. The van der Waals surface area contributed by atoms with Crippen LogP contribution in [0.2, 0.25) is 5.02 Å². The van der Waals surface area contributed by atoms with Crippen LogP contribution >= 0.6 is 11.6 Å². The molecule has 1 aliphatic carbocycles. The molecule has 4 rings (SSSR count). The summed E-state index contributed by atoms with van der Waals surface area (Å²) in [6.45, 7) is 5.78. The number of rotatable bonds is 8. The van der Waals surface area contributed by atoms with Crippen LogP contribution in [-0.2, 0) is 13.0 Å². The number of pyridine rings is 1. The predicted molar refractivity (Wildman–Crippen MR) is 151 cm³/mol. The van der Waals surface area contributed by atoms with E-state index in [1.807, 2.05) is 13.0 Å². The van der Waals surface area contributed by atoms with Crippen molar-refractivity contribution in [2.75, 3.05) is 44.5 Å². The van der Waals surface area contributed by atoms with Crippen LogP contribution in [0, 0.1) is 6.92 Å². The van der Waals surface area contributed by atoms with Gasteiger partial charge in [-0.15, -0.1) is 0 Å². The second kappa shape index (κ2) is 11.8. The number of aromatic amines is 1. The third-order valence-electron chi connectivity index (χ3n) is 7.95. The number of halogens is 1. The lowest BCUT2D eigenvalue weighted by atomic mass is 9.89. The minimum absolute atomic E-state index is 0.0552. The van der Waals surface area contributed by atoms with Crippen molar-refractivity contribution in [2.45, 2.75) is 71.0 Å². The van der Waals surface area contributed by atoms with Crippen molar-refractivity contribution >= 4 is 28.9 Å². The van der Waals surface area contributed by atoms with E-state index in [0.29, 0.717) is 39.8 Å². The number of H-pyrrole nitrogens is 1. The third-order valence-corrected chi connectivity index (χ3v) is 8.17. The summed E-state index contributed by atoms with van der Waals surface area (Å²) in [5.41, 5.74) is 4.09. The summed E-state index contributed by atoms with van der Waals surface area (Å²) >= 11 is 6.54. The number of benzene rings is 1. The van der Waals surface area contributed by atoms with Crippen molar-refractivity contribution in [3.05, 3.63) is 49.8 Å².